The molecular formula is C19H17F3N2O3. The first-order valence-electron chi connectivity index (χ1n) is 8.30. The van der Waals surface area contributed by atoms with Crippen LogP contribution in [0.15, 0.2) is 48.5 Å². The third-order valence-electron chi connectivity index (χ3n) is 4.19. The van der Waals surface area contributed by atoms with E-state index < -0.39 is 23.6 Å². The molecule has 1 heterocycles. The monoisotopic (exact) mass is 378 g/mol. The molecule has 2 amide bonds. The molecule has 0 unspecified atom stereocenters. The van der Waals surface area contributed by atoms with Crippen molar-refractivity contribution in [1.29, 1.82) is 0 Å². The van der Waals surface area contributed by atoms with Gasteiger partial charge in [-0.25, -0.2) is 0 Å². The molecule has 0 aliphatic carbocycles. The van der Waals surface area contributed by atoms with Gasteiger partial charge in [0.2, 0.25) is 0 Å². The lowest BCUT2D eigenvalue weighted by atomic mass is 9.97. The predicted octanol–water partition coefficient (Wildman–Crippen LogP) is 3.07. The smallest absolute Gasteiger partial charge is 0.371 e. The van der Waals surface area contributed by atoms with Crippen LogP contribution in [-0.2, 0) is 26.9 Å². The zero-order valence-electron chi connectivity index (χ0n) is 14.2. The number of alkyl halides is 3. The molecule has 1 aliphatic heterocycles. The fourth-order valence-corrected chi connectivity index (χ4v) is 2.87. The Morgan fingerprint density at radius 3 is 2.63 bits per heavy atom. The van der Waals surface area contributed by atoms with Crippen molar-refractivity contribution < 1.29 is 27.5 Å². The van der Waals surface area contributed by atoms with E-state index in [1.54, 1.807) is 0 Å². The third-order valence-corrected chi connectivity index (χ3v) is 4.19. The third kappa shape index (κ3) is 4.65. The standard InChI is InChI=1S/C19H17F3N2O3/c20-19(21,22)13-5-3-6-14(10-13)24-18(26)17(25)23-11-16-15-7-2-1-4-12(15)8-9-27-16/h1-7,10,16H,8-9,11H2,(H,23,25)(H,24,26)/t16-/m1/s1. The van der Waals surface area contributed by atoms with Crippen molar-refractivity contribution in [2.24, 2.45) is 0 Å². The maximum Gasteiger partial charge on any atom is 0.416 e. The number of hydrogen-bond acceptors (Lipinski definition) is 3. The average Bonchev–Trinajstić information content (AvgIpc) is 2.65. The molecule has 27 heavy (non-hydrogen) atoms. The Morgan fingerprint density at radius 1 is 1.07 bits per heavy atom. The molecule has 0 aromatic heterocycles. The van der Waals surface area contributed by atoms with Crippen LogP contribution in [0.1, 0.15) is 22.8 Å². The van der Waals surface area contributed by atoms with Crippen LogP contribution >= 0.6 is 0 Å². The summed E-state index contributed by atoms with van der Waals surface area (Å²) in [5, 5.41) is 4.63. The van der Waals surface area contributed by atoms with Gasteiger partial charge in [-0.1, -0.05) is 30.3 Å². The van der Waals surface area contributed by atoms with Crippen molar-refractivity contribution in [3.63, 3.8) is 0 Å². The Bertz CT molecular complexity index is 852. The minimum absolute atomic E-state index is 0.0891. The highest BCUT2D eigenvalue weighted by molar-refractivity contribution is 6.39. The van der Waals surface area contributed by atoms with Crippen LogP contribution in [0.3, 0.4) is 0 Å². The summed E-state index contributed by atoms with van der Waals surface area (Å²) < 4.78 is 43.8. The van der Waals surface area contributed by atoms with Crippen LogP contribution in [0, 0.1) is 0 Å². The minimum Gasteiger partial charge on any atom is -0.371 e. The number of hydrogen-bond donors (Lipinski definition) is 2. The maximum atomic E-state index is 12.7. The molecule has 5 nitrogen and oxygen atoms in total. The van der Waals surface area contributed by atoms with Gasteiger partial charge < -0.3 is 15.4 Å². The van der Waals surface area contributed by atoms with E-state index in [-0.39, 0.29) is 18.3 Å². The van der Waals surface area contributed by atoms with E-state index in [1.807, 2.05) is 24.3 Å². The van der Waals surface area contributed by atoms with Crippen LogP contribution < -0.4 is 10.6 Å². The number of fused-ring (bicyclic) bond motifs is 1. The van der Waals surface area contributed by atoms with Gasteiger partial charge in [0, 0.05) is 12.2 Å². The van der Waals surface area contributed by atoms with Crippen molar-refractivity contribution in [1.82, 2.24) is 5.32 Å². The van der Waals surface area contributed by atoms with Gasteiger partial charge in [-0.3, -0.25) is 9.59 Å². The van der Waals surface area contributed by atoms with Crippen molar-refractivity contribution in [3.8, 4) is 0 Å². The molecular weight excluding hydrogens is 361 g/mol. The fraction of sp³-hybridized carbons (Fsp3) is 0.263. The van der Waals surface area contributed by atoms with E-state index in [2.05, 4.69) is 10.6 Å². The van der Waals surface area contributed by atoms with Gasteiger partial charge in [-0.2, -0.15) is 13.2 Å². The number of halogens is 3. The predicted molar refractivity (Wildman–Crippen MR) is 91.9 cm³/mol. The number of amides is 2. The van der Waals surface area contributed by atoms with E-state index in [9.17, 15) is 22.8 Å². The first-order valence-corrected chi connectivity index (χ1v) is 8.30. The summed E-state index contributed by atoms with van der Waals surface area (Å²) in [7, 11) is 0. The Hall–Kier alpha value is -2.87. The van der Waals surface area contributed by atoms with Gasteiger partial charge in [0.15, 0.2) is 0 Å². The van der Waals surface area contributed by atoms with Gasteiger partial charge in [0.05, 0.1) is 12.2 Å². The maximum absolute atomic E-state index is 12.7. The molecule has 8 heteroatoms. The lowest BCUT2D eigenvalue weighted by Gasteiger charge is -2.26. The van der Waals surface area contributed by atoms with Crippen LogP contribution in [0.5, 0.6) is 0 Å². The van der Waals surface area contributed by atoms with Crippen LogP contribution in [-0.4, -0.2) is 25.0 Å². The molecule has 1 aliphatic rings. The molecule has 2 aromatic rings. The van der Waals surface area contributed by atoms with Crippen molar-refractivity contribution in [2.45, 2.75) is 18.7 Å². The topological polar surface area (TPSA) is 67.4 Å². The quantitative estimate of drug-likeness (QED) is 0.807. The number of carbonyl (C=O) groups is 2. The second-order valence-electron chi connectivity index (χ2n) is 6.05. The zero-order valence-corrected chi connectivity index (χ0v) is 14.2. The Balaban J connectivity index is 1.59. The average molecular weight is 378 g/mol. The lowest BCUT2D eigenvalue weighted by molar-refractivity contribution is -0.137. The first kappa shape index (κ1) is 18.9. The van der Waals surface area contributed by atoms with Crippen molar-refractivity contribution >= 4 is 17.5 Å². The highest BCUT2D eigenvalue weighted by Crippen LogP contribution is 2.30. The van der Waals surface area contributed by atoms with Crippen LogP contribution in [0.25, 0.3) is 0 Å². The van der Waals surface area contributed by atoms with E-state index in [1.165, 1.54) is 6.07 Å². The molecule has 142 valence electrons. The van der Waals surface area contributed by atoms with Gasteiger partial charge >= 0.3 is 18.0 Å². The Labute approximate surface area is 153 Å². The lowest BCUT2D eigenvalue weighted by Crippen LogP contribution is -2.39. The number of rotatable bonds is 3. The number of carbonyl (C=O) groups excluding carboxylic acids is 2. The summed E-state index contributed by atoms with van der Waals surface area (Å²) in [6.07, 6.45) is -4.13. The molecule has 0 fully saturated rings. The van der Waals surface area contributed by atoms with E-state index in [4.69, 9.17) is 4.74 Å². The number of ether oxygens (including phenoxy) is 1. The molecule has 0 saturated heterocycles. The SMILES string of the molecule is O=C(NC[C@H]1OCCc2ccccc21)C(=O)Nc1cccc(C(F)(F)F)c1. The first-order chi connectivity index (χ1) is 12.8. The van der Waals surface area contributed by atoms with E-state index in [0.29, 0.717) is 6.61 Å². The second-order valence-corrected chi connectivity index (χ2v) is 6.05. The highest BCUT2D eigenvalue weighted by Gasteiger charge is 2.30. The van der Waals surface area contributed by atoms with E-state index >= 15 is 0 Å². The van der Waals surface area contributed by atoms with E-state index in [0.717, 1.165) is 35.7 Å². The molecule has 1 atom stereocenters. The number of anilines is 1. The molecule has 0 bridgehead atoms. The normalized spacial score (nSPS) is 16.3. The van der Waals surface area contributed by atoms with Crippen LogP contribution in [0.4, 0.5) is 18.9 Å². The van der Waals surface area contributed by atoms with Gasteiger partial charge in [0.25, 0.3) is 0 Å². The van der Waals surface area contributed by atoms with Crippen molar-refractivity contribution in [3.05, 3.63) is 65.2 Å². The fourth-order valence-electron chi connectivity index (χ4n) is 2.87. The summed E-state index contributed by atoms with van der Waals surface area (Å²) in [5.41, 5.74) is 1.05. The van der Waals surface area contributed by atoms with Gasteiger partial charge in [0.1, 0.15) is 6.10 Å². The Kier molecular flexibility index (Phi) is 5.46. The summed E-state index contributed by atoms with van der Waals surface area (Å²) in [5.74, 6) is -1.99. The molecule has 0 spiro atoms. The Morgan fingerprint density at radius 2 is 1.85 bits per heavy atom. The molecule has 0 saturated carbocycles. The second kappa shape index (κ2) is 7.79. The zero-order chi connectivity index (χ0) is 19.4. The highest BCUT2D eigenvalue weighted by atomic mass is 19.4. The molecule has 2 N–H and O–H groups in total. The summed E-state index contributed by atoms with van der Waals surface area (Å²) >= 11 is 0. The molecule has 0 radical (unpaired) electrons. The number of nitrogens with one attached hydrogen (secondary N) is 2. The molecule has 3 rings (SSSR count). The number of benzene rings is 2. The summed E-state index contributed by atoms with van der Waals surface area (Å²) in [6.45, 7) is 0.597. The van der Waals surface area contributed by atoms with Gasteiger partial charge in [-0.05, 0) is 35.7 Å². The summed E-state index contributed by atoms with van der Waals surface area (Å²) in [4.78, 5) is 23.9. The molecule has 2 aromatic carbocycles. The van der Waals surface area contributed by atoms with Gasteiger partial charge in [-0.15, -0.1) is 0 Å². The van der Waals surface area contributed by atoms with Crippen molar-refractivity contribution in [2.75, 3.05) is 18.5 Å². The minimum atomic E-state index is -4.53. The summed E-state index contributed by atoms with van der Waals surface area (Å²) in [6, 6.07) is 11.7. The van der Waals surface area contributed by atoms with Crippen LogP contribution in [0.2, 0.25) is 0 Å². The largest absolute Gasteiger partial charge is 0.416 e.